The third-order valence-electron chi connectivity index (χ3n) is 2.59. The van der Waals surface area contributed by atoms with Gasteiger partial charge < -0.3 is 10.1 Å². The van der Waals surface area contributed by atoms with E-state index in [1.54, 1.807) is 18.2 Å². The highest BCUT2D eigenvalue weighted by Crippen LogP contribution is 2.20. The molecule has 0 saturated heterocycles. The SMILES string of the molecule is COC(=O)Cc1ccc(CNc2ccccc2F)s1. The van der Waals surface area contributed by atoms with Gasteiger partial charge in [-0.3, -0.25) is 4.79 Å². The molecular weight excluding hydrogens is 265 g/mol. The van der Waals surface area contributed by atoms with Crippen LogP contribution in [0.3, 0.4) is 0 Å². The van der Waals surface area contributed by atoms with Crippen molar-refractivity contribution in [1.82, 2.24) is 0 Å². The number of carbonyl (C=O) groups is 1. The number of nitrogens with one attached hydrogen (secondary N) is 1. The monoisotopic (exact) mass is 279 g/mol. The zero-order valence-electron chi connectivity index (χ0n) is 10.5. The number of hydrogen-bond donors (Lipinski definition) is 1. The van der Waals surface area contributed by atoms with E-state index in [0.717, 1.165) is 9.75 Å². The van der Waals surface area contributed by atoms with Crippen LogP contribution in [-0.2, 0) is 22.5 Å². The zero-order chi connectivity index (χ0) is 13.7. The minimum absolute atomic E-state index is 0.254. The zero-order valence-corrected chi connectivity index (χ0v) is 11.3. The molecule has 1 aromatic heterocycles. The van der Waals surface area contributed by atoms with E-state index in [9.17, 15) is 9.18 Å². The van der Waals surface area contributed by atoms with E-state index in [0.29, 0.717) is 12.2 Å². The number of carbonyl (C=O) groups excluding carboxylic acids is 1. The van der Waals surface area contributed by atoms with Crippen LogP contribution in [0.15, 0.2) is 36.4 Å². The standard InChI is InChI=1S/C14H14FNO2S/c1-18-14(17)8-10-6-7-11(19-10)9-16-13-5-3-2-4-12(13)15/h2-7,16H,8-9H2,1H3. The van der Waals surface area contributed by atoms with Gasteiger partial charge in [-0.2, -0.15) is 0 Å². The molecule has 100 valence electrons. The minimum Gasteiger partial charge on any atom is -0.469 e. The van der Waals surface area contributed by atoms with Crippen LogP contribution < -0.4 is 5.32 Å². The predicted octanol–water partition coefficient (Wildman–Crippen LogP) is 3.21. The number of benzene rings is 1. The van der Waals surface area contributed by atoms with E-state index in [1.807, 2.05) is 12.1 Å². The number of rotatable bonds is 5. The summed E-state index contributed by atoms with van der Waals surface area (Å²) in [6.45, 7) is 0.534. The Morgan fingerprint density at radius 3 is 2.74 bits per heavy atom. The number of hydrogen-bond acceptors (Lipinski definition) is 4. The number of halogens is 1. The Labute approximate surface area is 115 Å². The summed E-state index contributed by atoms with van der Waals surface area (Å²) in [6, 6.07) is 10.4. The summed E-state index contributed by atoms with van der Waals surface area (Å²) in [6.07, 6.45) is 0.279. The first-order valence-corrected chi connectivity index (χ1v) is 6.63. The van der Waals surface area contributed by atoms with E-state index < -0.39 is 0 Å². The molecule has 5 heteroatoms. The summed E-state index contributed by atoms with van der Waals surface area (Å²) in [4.78, 5) is 13.1. The molecule has 0 aliphatic rings. The van der Waals surface area contributed by atoms with E-state index in [4.69, 9.17) is 0 Å². The summed E-state index contributed by atoms with van der Waals surface area (Å²) in [5, 5.41) is 3.03. The summed E-state index contributed by atoms with van der Waals surface area (Å²) < 4.78 is 18.0. The summed E-state index contributed by atoms with van der Waals surface area (Å²) >= 11 is 1.52. The molecule has 1 aromatic carbocycles. The summed E-state index contributed by atoms with van der Waals surface area (Å²) in [5.74, 6) is -0.524. The normalized spacial score (nSPS) is 10.2. The van der Waals surface area contributed by atoms with Gasteiger partial charge >= 0.3 is 5.97 Å². The topological polar surface area (TPSA) is 38.3 Å². The van der Waals surface area contributed by atoms with Gasteiger partial charge in [0, 0.05) is 16.3 Å². The Bertz CT molecular complexity index is 568. The molecule has 0 spiro atoms. The summed E-state index contributed by atoms with van der Waals surface area (Å²) in [7, 11) is 1.37. The first-order chi connectivity index (χ1) is 9.19. The largest absolute Gasteiger partial charge is 0.469 e. The van der Waals surface area contributed by atoms with Gasteiger partial charge in [0.15, 0.2) is 0 Å². The lowest BCUT2D eigenvalue weighted by Crippen LogP contribution is -2.02. The van der Waals surface area contributed by atoms with E-state index in [2.05, 4.69) is 10.1 Å². The number of methoxy groups -OCH3 is 1. The van der Waals surface area contributed by atoms with E-state index in [-0.39, 0.29) is 18.2 Å². The van der Waals surface area contributed by atoms with Crippen molar-refractivity contribution in [2.75, 3.05) is 12.4 Å². The molecule has 0 bridgehead atoms. The lowest BCUT2D eigenvalue weighted by Gasteiger charge is -2.05. The second-order valence-corrected chi connectivity index (χ2v) is 5.21. The van der Waals surface area contributed by atoms with Crippen molar-refractivity contribution >= 4 is 23.0 Å². The Morgan fingerprint density at radius 1 is 1.26 bits per heavy atom. The van der Waals surface area contributed by atoms with Crippen LogP contribution in [0.25, 0.3) is 0 Å². The van der Waals surface area contributed by atoms with Gasteiger partial charge in [-0.1, -0.05) is 12.1 Å². The highest BCUT2D eigenvalue weighted by molar-refractivity contribution is 7.12. The van der Waals surface area contributed by atoms with Crippen LogP contribution in [0, 0.1) is 5.82 Å². The average Bonchev–Trinajstić information content (AvgIpc) is 2.85. The van der Waals surface area contributed by atoms with Crippen molar-refractivity contribution in [3.05, 3.63) is 52.0 Å². The minimum atomic E-state index is -0.270. The third-order valence-corrected chi connectivity index (χ3v) is 3.68. The third kappa shape index (κ3) is 3.79. The maximum atomic E-state index is 13.4. The molecule has 1 heterocycles. The van der Waals surface area contributed by atoms with Gasteiger partial charge in [0.2, 0.25) is 0 Å². The van der Waals surface area contributed by atoms with Crippen molar-refractivity contribution in [2.45, 2.75) is 13.0 Å². The highest BCUT2D eigenvalue weighted by Gasteiger charge is 2.06. The molecule has 0 aliphatic heterocycles. The molecule has 0 saturated carbocycles. The second-order valence-electron chi connectivity index (χ2n) is 3.95. The Kier molecular flexibility index (Phi) is 4.52. The van der Waals surface area contributed by atoms with Gasteiger partial charge in [0.1, 0.15) is 5.82 Å². The van der Waals surface area contributed by atoms with Gasteiger partial charge in [0.05, 0.1) is 19.2 Å². The molecule has 0 amide bonds. The predicted molar refractivity (Wildman–Crippen MR) is 73.8 cm³/mol. The maximum Gasteiger partial charge on any atom is 0.310 e. The molecule has 19 heavy (non-hydrogen) atoms. The fourth-order valence-electron chi connectivity index (χ4n) is 1.61. The van der Waals surface area contributed by atoms with Gasteiger partial charge in [-0.05, 0) is 24.3 Å². The lowest BCUT2D eigenvalue weighted by atomic mass is 10.3. The fraction of sp³-hybridized carbons (Fsp3) is 0.214. The molecule has 3 nitrogen and oxygen atoms in total. The fourth-order valence-corrected chi connectivity index (χ4v) is 2.56. The second kappa shape index (κ2) is 6.33. The highest BCUT2D eigenvalue weighted by atomic mass is 32.1. The van der Waals surface area contributed by atoms with Crippen LogP contribution in [0.1, 0.15) is 9.75 Å². The summed E-state index contributed by atoms with van der Waals surface area (Å²) in [5.41, 5.74) is 0.477. The molecule has 1 N–H and O–H groups in total. The van der Waals surface area contributed by atoms with Crippen LogP contribution in [0.2, 0.25) is 0 Å². The van der Waals surface area contributed by atoms with Gasteiger partial charge in [-0.25, -0.2) is 4.39 Å². The van der Waals surface area contributed by atoms with Crippen molar-refractivity contribution < 1.29 is 13.9 Å². The van der Waals surface area contributed by atoms with Crippen LogP contribution >= 0.6 is 11.3 Å². The molecule has 2 aromatic rings. The number of para-hydroxylation sites is 1. The number of esters is 1. The average molecular weight is 279 g/mol. The number of ether oxygens (including phenoxy) is 1. The van der Waals surface area contributed by atoms with E-state index in [1.165, 1.54) is 24.5 Å². The molecule has 0 atom stereocenters. The number of thiophene rings is 1. The molecular formula is C14H14FNO2S. The number of anilines is 1. The maximum absolute atomic E-state index is 13.4. The Morgan fingerprint density at radius 2 is 2.00 bits per heavy atom. The van der Waals surface area contributed by atoms with Crippen molar-refractivity contribution in [3.8, 4) is 0 Å². The quantitative estimate of drug-likeness (QED) is 0.854. The van der Waals surface area contributed by atoms with Gasteiger partial charge in [0.25, 0.3) is 0 Å². The first kappa shape index (κ1) is 13.5. The first-order valence-electron chi connectivity index (χ1n) is 5.82. The molecule has 2 rings (SSSR count). The lowest BCUT2D eigenvalue weighted by molar-refractivity contribution is -0.139. The molecule has 0 radical (unpaired) electrons. The van der Waals surface area contributed by atoms with Crippen molar-refractivity contribution in [3.63, 3.8) is 0 Å². The van der Waals surface area contributed by atoms with Crippen LogP contribution in [-0.4, -0.2) is 13.1 Å². The van der Waals surface area contributed by atoms with Crippen LogP contribution in [0.5, 0.6) is 0 Å². The molecule has 0 aliphatic carbocycles. The smallest absolute Gasteiger partial charge is 0.310 e. The van der Waals surface area contributed by atoms with Crippen molar-refractivity contribution in [2.24, 2.45) is 0 Å². The van der Waals surface area contributed by atoms with E-state index >= 15 is 0 Å². The molecule has 0 unspecified atom stereocenters. The Balaban J connectivity index is 1.94. The van der Waals surface area contributed by atoms with Gasteiger partial charge in [-0.15, -0.1) is 11.3 Å². The van der Waals surface area contributed by atoms with Crippen LogP contribution in [0.4, 0.5) is 10.1 Å². The molecule has 0 fully saturated rings. The Hall–Kier alpha value is -1.88. The van der Waals surface area contributed by atoms with Crippen molar-refractivity contribution in [1.29, 1.82) is 0 Å².